The Morgan fingerprint density at radius 1 is 1.03 bits per heavy atom. The number of amides is 1. The summed E-state index contributed by atoms with van der Waals surface area (Å²) in [5.41, 5.74) is 2.97. The third kappa shape index (κ3) is 6.36. The fourth-order valence-corrected chi connectivity index (χ4v) is 4.83. The number of ether oxygens (including phenoxy) is 1. The molecule has 0 spiro atoms. The van der Waals surface area contributed by atoms with Crippen LogP contribution in [0.25, 0.3) is 0 Å². The molecule has 3 rings (SSSR count). The van der Waals surface area contributed by atoms with Crippen LogP contribution in [0.1, 0.15) is 32.2 Å². The van der Waals surface area contributed by atoms with E-state index in [1.807, 2.05) is 44.2 Å². The Kier molecular flexibility index (Phi) is 7.42. The average Bonchev–Trinajstić information content (AvgIpc) is 3.21. The Hall–Kier alpha value is -2.75. The highest BCUT2D eigenvalue weighted by Gasteiger charge is 2.17. The zero-order valence-electron chi connectivity index (χ0n) is 17.6. The van der Waals surface area contributed by atoms with Gasteiger partial charge in [0, 0.05) is 18.5 Å². The maximum absolute atomic E-state index is 12.5. The van der Waals surface area contributed by atoms with Crippen LogP contribution in [0.3, 0.4) is 0 Å². The quantitative estimate of drug-likeness (QED) is 0.478. The molecular formula is C22H25N3O4S2. The van der Waals surface area contributed by atoms with E-state index in [2.05, 4.69) is 15.0 Å². The number of nitrogens with zero attached hydrogens (tertiary/aromatic N) is 1. The number of aromatic nitrogens is 1. The summed E-state index contributed by atoms with van der Waals surface area (Å²) in [6, 6.07) is 13.0. The normalized spacial score (nSPS) is 11.3. The van der Waals surface area contributed by atoms with Gasteiger partial charge in [-0.05, 0) is 50.1 Å². The highest BCUT2D eigenvalue weighted by Crippen LogP contribution is 2.17. The Morgan fingerprint density at radius 3 is 2.48 bits per heavy atom. The van der Waals surface area contributed by atoms with Crippen molar-refractivity contribution in [2.24, 2.45) is 0 Å². The predicted octanol–water partition coefficient (Wildman–Crippen LogP) is 3.36. The molecule has 164 valence electrons. The fourth-order valence-electron chi connectivity index (χ4n) is 2.79. The molecule has 3 aromatic rings. The van der Waals surface area contributed by atoms with Crippen LogP contribution in [0.4, 0.5) is 0 Å². The van der Waals surface area contributed by atoms with Crippen molar-refractivity contribution in [3.63, 3.8) is 0 Å². The lowest BCUT2D eigenvalue weighted by Crippen LogP contribution is -2.35. The Labute approximate surface area is 186 Å². The molecule has 0 aliphatic heterocycles. The van der Waals surface area contributed by atoms with Gasteiger partial charge in [0.25, 0.3) is 5.91 Å². The van der Waals surface area contributed by atoms with Gasteiger partial charge < -0.3 is 10.1 Å². The molecular weight excluding hydrogens is 434 g/mol. The molecule has 1 amide bonds. The molecule has 0 saturated heterocycles. The SMILES string of the molecule is Cc1ccc(OCc2nc(C(=O)NCCNS(=O)(=O)c3cc(C)ccc3C)cs2)cc1. The highest BCUT2D eigenvalue weighted by atomic mass is 32.2. The number of carbonyl (C=O) groups is 1. The van der Waals surface area contributed by atoms with Gasteiger partial charge >= 0.3 is 0 Å². The van der Waals surface area contributed by atoms with Crippen molar-refractivity contribution in [1.82, 2.24) is 15.0 Å². The van der Waals surface area contributed by atoms with Crippen molar-refractivity contribution >= 4 is 27.3 Å². The van der Waals surface area contributed by atoms with Crippen molar-refractivity contribution in [3.8, 4) is 5.75 Å². The molecule has 2 aromatic carbocycles. The standard InChI is InChI=1S/C22H25N3O4S2/c1-15-5-8-18(9-6-15)29-13-21-25-19(14-30-21)22(26)23-10-11-24-31(27,28)20-12-16(2)4-7-17(20)3/h4-9,12,14,24H,10-11,13H2,1-3H3,(H,23,26). The molecule has 0 aliphatic carbocycles. The van der Waals surface area contributed by atoms with Crippen LogP contribution in [0, 0.1) is 20.8 Å². The number of rotatable bonds is 9. The molecule has 7 nitrogen and oxygen atoms in total. The van der Waals surface area contributed by atoms with Gasteiger partial charge in [0.15, 0.2) is 0 Å². The summed E-state index contributed by atoms with van der Waals surface area (Å²) in [6.45, 7) is 6.09. The predicted molar refractivity (Wildman–Crippen MR) is 121 cm³/mol. The molecule has 9 heteroatoms. The lowest BCUT2D eigenvalue weighted by molar-refractivity contribution is 0.0949. The third-order valence-electron chi connectivity index (χ3n) is 4.50. The van der Waals surface area contributed by atoms with Crippen molar-refractivity contribution in [2.75, 3.05) is 13.1 Å². The number of nitrogens with one attached hydrogen (secondary N) is 2. The third-order valence-corrected chi connectivity index (χ3v) is 6.93. The minimum absolute atomic E-state index is 0.0784. The number of carbonyl (C=O) groups excluding carboxylic acids is 1. The van der Waals surface area contributed by atoms with Crippen LogP contribution in [0.5, 0.6) is 5.75 Å². The molecule has 0 fully saturated rings. The fraction of sp³-hybridized carbons (Fsp3) is 0.273. The molecule has 0 unspecified atom stereocenters. The van der Waals surface area contributed by atoms with Gasteiger partial charge in [-0.15, -0.1) is 11.3 Å². The number of hydrogen-bond donors (Lipinski definition) is 2. The minimum atomic E-state index is -3.64. The Morgan fingerprint density at radius 2 is 1.74 bits per heavy atom. The maximum atomic E-state index is 12.5. The summed E-state index contributed by atoms with van der Waals surface area (Å²) in [5.74, 6) is 0.381. The van der Waals surface area contributed by atoms with Crippen molar-refractivity contribution in [3.05, 3.63) is 75.2 Å². The molecule has 1 aromatic heterocycles. The monoisotopic (exact) mass is 459 g/mol. The van der Waals surface area contributed by atoms with Gasteiger partial charge in [0.1, 0.15) is 23.1 Å². The maximum Gasteiger partial charge on any atom is 0.270 e. The van der Waals surface area contributed by atoms with E-state index in [0.717, 1.165) is 16.9 Å². The van der Waals surface area contributed by atoms with Gasteiger partial charge in [-0.2, -0.15) is 0 Å². The van der Waals surface area contributed by atoms with Crippen LogP contribution in [0.2, 0.25) is 0 Å². The van der Waals surface area contributed by atoms with Gasteiger partial charge in [0.2, 0.25) is 10.0 Å². The smallest absolute Gasteiger partial charge is 0.270 e. The van der Waals surface area contributed by atoms with Crippen molar-refractivity contribution in [1.29, 1.82) is 0 Å². The largest absolute Gasteiger partial charge is 0.486 e. The first kappa shape index (κ1) is 22.9. The minimum Gasteiger partial charge on any atom is -0.486 e. The van der Waals surface area contributed by atoms with Crippen molar-refractivity contribution in [2.45, 2.75) is 32.3 Å². The van der Waals surface area contributed by atoms with E-state index >= 15 is 0 Å². The second-order valence-electron chi connectivity index (χ2n) is 7.15. The number of sulfonamides is 1. The highest BCUT2D eigenvalue weighted by molar-refractivity contribution is 7.89. The van der Waals surface area contributed by atoms with Gasteiger partial charge in [-0.1, -0.05) is 29.8 Å². The van der Waals surface area contributed by atoms with E-state index in [-0.39, 0.29) is 36.2 Å². The van der Waals surface area contributed by atoms with E-state index < -0.39 is 10.0 Å². The van der Waals surface area contributed by atoms with E-state index in [0.29, 0.717) is 10.6 Å². The summed E-state index contributed by atoms with van der Waals surface area (Å²) >= 11 is 1.34. The summed E-state index contributed by atoms with van der Waals surface area (Å²) in [4.78, 5) is 16.8. The lowest BCUT2D eigenvalue weighted by Gasteiger charge is -2.10. The Bertz CT molecular complexity index is 1160. The van der Waals surface area contributed by atoms with Crippen LogP contribution >= 0.6 is 11.3 Å². The first-order valence-electron chi connectivity index (χ1n) is 9.73. The lowest BCUT2D eigenvalue weighted by atomic mass is 10.2. The average molecular weight is 460 g/mol. The zero-order valence-corrected chi connectivity index (χ0v) is 19.3. The molecule has 0 atom stereocenters. The molecule has 0 bridgehead atoms. The first-order chi connectivity index (χ1) is 14.7. The number of hydrogen-bond acceptors (Lipinski definition) is 6. The van der Waals surface area contributed by atoms with Crippen LogP contribution in [0.15, 0.2) is 52.7 Å². The van der Waals surface area contributed by atoms with E-state index in [4.69, 9.17) is 4.74 Å². The number of thiazole rings is 1. The van der Waals surface area contributed by atoms with Crippen molar-refractivity contribution < 1.29 is 17.9 Å². The molecule has 31 heavy (non-hydrogen) atoms. The second-order valence-corrected chi connectivity index (χ2v) is 9.83. The topological polar surface area (TPSA) is 97.4 Å². The summed E-state index contributed by atoms with van der Waals surface area (Å²) in [7, 11) is -3.64. The molecule has 2 N–H and O–H groups in total. The molecule has 0 saturated carbocycles. The Balaban J connectivity index is 1.46. The van der Waals surface area contributed by atoms with Crippen LogP contribution < -0.4 is 14.8 Å². The van der Waals surface area contributed by atoms with E-state index in [1.54, 1.807) is 24.4 Å². The van der Waals surface area contributed by atoms with Crippen LogP contribution in [-0.2, 0) is 16.6 Å². The van der Waals surface area contributed by atoms with E-state index in [1.165, 1.54) is 11.3 Å². The molecule has 0 radical (unpaired) electrons. The summed E-state index contributed by atoms with van der Waals surface area (Å²) in [6.07, 6.45) is 0. The van der Waals surface area contributed by atoms with Crippen LogP contribution in [-0.4, -0.2) is 32.4 Å². The summed E-state index contributed by atoms with van der Waals surface area (Å²) < 4.78 is 33.2. The molecule has 1 heterocycles. The van der Waals surface area contributed by atoms with Gasteiger partial charge in [0.05, 0.1) is 4.90 Å². The zero-order chi connectivity index (χ0) is 22.4. The van der Waals surface area contributed by atoms with Gasteiger partial charge in [-0.25, -0.2) is 18.1 Å². The molecule has 0 aliphatic rings. The first-order valence-corrected chi connectivity index (χ1v) is 12.1. The van der Waals surface area contributed by atoms with E-state index in [9.17, 15) is 13.2 Å². The van der Waals surface area contributed by atoms with Gasteiger partial charge in [-0.3, -0.25) is 4.79 Å². The number of aryl methyl sites for hydroxylation is 3. The second kappa shape index (κ2) is 10.0. The summed E-state index contributed by atoms with van der Waals surface area (Å²) in [5, 5.41) is 5.02. The number of benzene rings is 2.